The fourth-order valence-electron chi connectivity index (χ4n) is 3.95. The van der Waals surface area contributed by atoms with Crippen LogP contribution in [-0.2, 0) is 11.3 Å². The van der Waals surface area contributed by atoms with Crippen LogP contribution in [0.1, 0.15) is 45.8 Å². The van der Waals surface area contributed by atoms with Crippen molar-refractivity contribution in [3.8, 4) is 0 Å². The molecule has 1 fully saturated rings. The monoisotopic (exact) mass is 398 g/mol. The van der Waals surface area contributed by atoms with Crippen molar-refractivity contribution in [2.24, 2.45) is 0 Å². The lowest BCUT2D eigenvalue weighted by Crippen LogP contribution is -2.29. The number of rotatable bonds is 7. The topological polar surface area (TPSA) is 49.4 Å². The Morgan fingerprint density at radius 1 is 0.867 bits per heavy atom. The number of likely N-dealkylation sites (tertiary alicyclic amines) is 1. The van der Waals surface area contributed by atoms with E-state index in [9.17, 15) is 9.59 Å². The molecule has 0 unspecified atom stereocenters. The normalized spacial score (nSPS) is 13.6. The highest BCUT2D eigenvalue weighted by molar-refractivity contribution is 5.94. The summed E-state index contributed by atoms with van der Waals surface area (Å²) in [5.74, 6) is 0.220. The summed E-state index contributed by atoms with van der Waals surface area (Å²) in [6.45, 7) is 1.96. The number of amides is 2. The van der Waals surface area contributed by atoms with Crippen LogP contribution < -0.4 is 5.32 Å². The van der Waals surface area contributed by atoms with E-state index in [0.717, 1.165) is 18.5 Å². The Bertz CT molecular complexity index is 945. The largest absolute Gasteiger partial charge is 0.351 e. The van der Waals surface area contributed by atoms with Crippen LogP contribution in [0.5, 0.6) is 0 Å². The third kappa shape index (κ3) is 4.77. The third-order valence-corrected chi connectivity index (χ3v) is 5.63. The van der Waals surface area contributed by atoms with Gasteiger partial charge in [0.05, 0.1) is 0 Å². The second kappa shape index (κ2) is 9.40. The Hall–Kier alpha value is -3.40. The Labute approximate surface area is 177 Å². The molecule has 152 valence electrons. The molecule has 1 N–H and O–H groups in total. The molecule has 0 saturated carbocycles. The molecule has 3 aromatic carbocycles. The number of carbonyl (C=O) groups excluding carboxylic acids is 2. The Morgan fingerprint density at radius 3 is 2.00 bits per heavy atom. The van der Waals surface area contributed by atoms with Crippen molar-refractivity contribution in [3.05, 3.63) is 107 Å². The summed E-state index contributed by atoms with van der Waals surface area (Å²) < 4.78 is 0. The lowest BCUT2D eigenvalue weighted by atomic mass is 9.91. The van der Waals surface area contributed by atoms with Crippen molar-refractivity contribution < 1.29 is 9.59 Å². The molecule has 0 atom stereocenters. The fraction of sp³-hybridized carbons (Fsp3) is 0.231. The van der Waals surface area contributed by atoms with Gasteiger partial charge in [0.2, 0.25) is 5.91 Å². The van der Waals surface area contributed by atoms with Crippen molar-refractivity contribution in [2.45, 2.75) is 25.3 Å². The van der Waals surface area contributed by atoms with E-state index in [1.54, 1.807) is 0 Å². The minimum absolute atomic E-state index is 0.0874. The summed E-state index contributed by atoms with van der Waals surface area (Å²) in [4.78, 5) is 26.4. The Balaban J connectivity index is 1.41. The maximum Gasteiger partial charge on any atom is 0.251 e. The van der Waals surface area contributed by atoms with Gasteiger partial charge in [-0.25, -0.2) is 0 Å². The molecule has 2 amide bonds. The summed E-state index contributed by atoms with van der Waals surface area (Å²) in [6, 6.07) is 28.0. The zero-order valence-electron chi connectivity index (χ0n) is 17.0. The molecule has 4 nitrogen and oxygen atoms in total. The zero-order valence-corrected chi connectivity index (χ0v) is 17.0. The van der Waals surface area contributed by atoms with Gasteiger partial charge >= 0.3 is 0 Å². The summed E-state index contributed by atoms with van der Waals surface area (Å²) in [5, 5.41) is 3.09. The van der Waals surface area contributed by atoms with Gasteiger partial charge in [-0.05, 0) is 35.2 Å². The molecular formula is C26H26N2O2. The molecule has 1 saturated heterocycles. The Morgan fingerprint density at radius 2 is 1.47 bits per heavy atom. The van der Waals surface area contributed by atoms with Crippen LogP contribution in [0, 0.1) is 0 Å². The van der Waals surface area contributed by atoms with Gasteiger partial charge in [0.15, 0.2) is 0 Å². The standard InChI is InChI=1S/C26H26N2O2/c29-25-12-7-17-28(25)19-20-13-15-23(16-14-20)26(30)27-18-24(21-8-3-1-4-9-21)22-10-5-2-6-11-22/h1-6,8-11,13-16,24H,7,12,17-19H2,(H,27,30). The van der Waals surface area contributed by atoms with E-state index in [0.29, 0.717) is 25.1 Å². The number of benzene rings is 3. The average Bonchev–Trinajstić information content (AvgIpc) is 3.20. The molecular weight excluding hydrogens is 372 g/mol. The number of nitrogens with one attached hydrogen (secondary N) is 1. The minimum Gasteiger partial charge on any atom is -0.351 e. The van der Waals surface area contributed by atoms with Gasteiger partial charge in [-0.15, -0.1) is 0 Å². The predicted molar refractivity (Wildman–Crippen MR) is 118 cm³/mol. The number of hydrogen-bond acceptors (Lipinski definition) is 2. The van der Waals surface area contributed by atoms with Crippen LogP contribution in [-0.4, -0.2) is 29.8 Å². The van der Waals surface area contributed by atoms with E-state index in [1.807, 2.05) is 65.6 Å². The maximum atomic E-state index is 12.7. The summed E-state index contributed by atoms with van der Waals surface area (Å²) in [7, 11) is 0. The Kier molecular flexibility index (Phi) is 6.23. The molecule has 0 aliphatic carbocycles. The highest BCUT2D eigenvalue weighted by Crippen LogP contribution is 2.24. The van der Waals surface area contributed by atoms with Crippen LogP contribution in [0.15, 0.2) is 84.9 Å². The van der Waals surface area contributed by atoms with Gasteiger partial charge in [-0.1, -0.05) is 72.8 Å². The number of carbonyl (C=O) groups is 2. The van der Waals surface area contributed by atoms with E-state index in [4.69, 9.17) is 0 Å². The van der Waals surface area contributed by atoms with Gasteiger partial charge in [-0.2, -0.15) is 0 Å². The average molecular weight is 399 g/mol. The van der Waals surface area contributed by atoms with E-state index in [1.165, 1.54) is 11.1 Å². The lowest BCUT2D eigenvalue weighted by Gasteiger charge is -2.19. The van der Waals surface area contributed by atoms with Crippen LogP contribution in [0.4, 0.5) is 0 Å². The van der Waals surface area contributed by atoms with Crippen LogP contribution >= 0.6 is 0 Å². The van der Waals surface area contributed by atoms with Crippen molar-refractivity contribution >= 4 is 11.8 Å². The first-order chi connectivity index (χ1) is 14.7. The molecule has 4 rings (SSSR count). The molecule has 4 heteroatoms. The highest BCUT2D eigenvalue weighted by Gasteiger charge is 2.20. The summed E-state index contributed by atoms with van der Waals surface area (Å²) in [6.07, 6.45) is 1.58. The molecule has 0 bridgehead atoms. The second-order valence-corrected chi connectivity index (χ2v) is 7.70. The third-order valence-electron chi connectivity index (χ3n) is 5.63. The van der Waals surface area contributed by atoms with E-state index < -0.39 is 0 Å². The SMILES string of the molecule is O=C(NCC(c1ccccc1)c1ccccc1)c1ccc(CN2CCCC2=O)cc1. The summed E-state index contributed by atoms with van der Waals surface area (Å²) >= 11 is 0. The van der Waals surface area contributed by atoms with Gasteiger partial charge in [0, 0.05) is 37.5 Å². The lowest BCUT2D eigenvalue weighted by molar-refractivity contribution is -0.128. The minimum atomic E-state index is -0.0874. The predicted octanol–water partition coefficient (Wildman–Crippen LogP) is 4.37. The maximum absolute atomic E-state index is 12.7. The quantitative estimate of drug-likeness (QED) is 0.642. The van der Waals surface area contributed by atoms with Gasteiger partial charge in [0.25, 0.3) is 5.91 Å². The molecule has 1 aliphatic heterocycles. The van der Waals surface area contributed by atoms with Gasteiger partial charge < -0.3 is 10.2 Å². The van der Waals surface area contributed by atoms with Crippen molar-refractivity contribution in [3.63, 3.8) is 0 Å². The number of nitrogens with zero attached hydrogens (tertiary/aromatic N) is 1. The molecule has 30 heavy (non-hydrogen) atoms. The number of hydrogen-bond donors (Lipinski definition) is 1. The first-order valence-corrected chi connectivity index (χ1v) is 10.5. The molecule has 1 aliphatic rings. The van der Waals surface area contributed by atoms with Crippen LogP contribution in [0.25, 0.3) is 0 Å². The molecule has 1 heterocycles. The van der Waals surface area contributed by atoms with Crippen LogP contribution in [0.2, 0.25) is 0 Å². The van der Waals surface area contributed by atoms with Crippen molar-refractivity contribution in [1.82, 2.24) is 10.2 Å². The van der Waals surface area contributed by atoms with Crippen molar-refractivity contribution in [1.29, 1.82) is 0 Å². The summed E-state index contributed by atoms with van der Waals surface area (Å²) in [5.41, 5.74) is 4.03. The molecule has 3 aromatic rings. The highest BCUT2D eigenvalue weighted by atomic mass is 16.2. The van der Waals surface area contributed by atoms with E-state index in [-0.39, 0.29) is 17.7 Å². The smallest absolute Gasteiger partial charge is 0.251 e. The molecule has 0 radical (unpaired) electrons. The first-order valence-electron chi connectivity index (χ1n) is 10.5. The fourth-order valence-corrected chi connectivity index (χ4v) is 3.95. The molecule has 0 aromatic heterocycles. The first kappa shape index (κ1) is 19.9. The van der Waals surface area contributed by atoms with E-state index >= 15 is 0 Å². The van der Waals surface area contributed by atoms with Gasteiger partial charge in [0.1, 0.15) is 0 Å². The zero-order chi connectivity index (χ0) is 20.8. The molecule has 0 spiro atoms. The van der Waals surface area contributed by atoms with Crippen molar-refractivity contribution in [2.75, 3.05) is 13.1 Å². The van der Waals surface area contributed by atoms with Gasteiger partial charge in [-0.3, -0.25) is 9.59 Å². The van der Waals surface area contributed by atoms with E-state index in [2.05, 4.69) is 29.6 Å². The second-order valence-electron chi connectivity index (χ2n) is 7.70. The van der Waals surface area contributed by atoms with Crippen LogP contribution in [0.3, 0.4) is 0 Å².